The lowest BCUT2D eigenvalue weighted by atomic mass is 10.4. The quantitative estimate of drug-likeness (QED) is 0.489. The molecule has 0 bridgehead atoms. The van der Waals surface area contributed by atoms with Gasteiger partial charge in [-0.1, -0.05) is 0 Å². The molecule has 1 unspecified atom stereocenters. The van der Waals surface area contributed by atoms with Crippen molar-refractivity contribution in [3.8, 4) is 0 Å². The molecule has 2 aliphatic heterocycles. The number of hydroxylamine groups is 2. The van der Waals surface area contributed by atoms with E-state index in [0.717, 1.165) is 12.8 Å². The Hall–Kier alpha value is -0.170. The van der Waals surface area contributed by atoms with Crippen molar-refractivity contribution >= 4 is 10.4 Å². The summed E-state index contributed by atoms with van der Waals surface area (Å²) in [4.78, 5) is 0. The van der Waals surface area contributed by atoms with Crippen molar-refractivity contribution in [2.45, 2.75) is 19.1 Å². The van der Waals surface area contributed by atoms with Crippen LogP contribution in [0.3, 0.4) is 0 Å². The molecule has 0 N–H and O–H groups in total. The Balaban J connectivity index is 2.21. The molecule has 6 heteroatoms. The van der Waals surface area contributed by atoms with E-state index in [0.29, 0.717) is 6.54 Å². The third kappa shape index (κ3) is 0.929. The third-order valence-electron chi connectivity index (χ3n) is 1.57. The standard InChI is InChI=1S/C4H7NO4S/c6-10(7)8-4-2-1-3-5(4)9-10/h4H,1-3H2. The fourth-order valence-corrected chi connectivity index (χ4v) is 2.07. The average Bonchev–Trinajstić information content (AvgIpc) is 2.20. The molecule has 10 heavy (non-hydrogen) atoms. The van der Waals surface area contributed by atoms with Crippen molar-refractivity contribution in [2.24, 2.45) is 0 Å². The summed E-state index contributed by atoms with van der Waals surface area (Å²) in [7, 11) is -3.68. The molecule has 0 saturated carbocycles. The Morgan fingerprint density at radius 1 is 1.50 bits per heavy atom. The molecule has 0 aromatic rings. The van der Waals surface area contributed by atoms with Gasteiger partial charge in [-0.15, -0.1) is 5.06 Å². The summed E-state index contributed by atoms with van der Waals surface area (Å²) in [5.74, 6) is 0. The van der Waals surface area contributed by atoms with Crippen LogP contribution in [0.25, 0.3) is 0 Å². The van der Waals surface area contributed by atoms with Gasteiger partial charge in [0.15, 0.2) is 6.23 Å². The molecule has 0 aliphatic carbocycles. The second kappa shape index (κ2) is 1.91. The second-order valence-corrected chi connectivity index (χ2v) is 3.47. The number of nitrogens with zero attached hydrogens (tertiary/aromatic N) is 1. The lowest BCUT2D eigenvalue weighted by Gasteiger charge is -2.04. The summed E-state index contributed by atoms with van der Waals surface area (Å²) < 4.78 is 30.1. The van der Waals surface area contributed by atoms with Crippen LogP contribution in [0.2, 0.25) is 0 Å². The van der Waals surface area contributed by atoms with Gasteiger partial charge in [0, 0.05) is 6.54 Å². The van der Waals surface area contributed by atoms with Gasteiger partial charge in [0.25, 0.3) is 0 Å². The number of hydrogen-bond donors (Lipinski definition) is 0. The molecular formula is C4H7NO4S. The lowest BCUT2D eigenvalue weighted by molar-refractivity contribution is -0.0650. The Morgan fingerprint density at radius 3 is 3.00 bits per heavy atom. The third-order valence-corrected chi connectivity index (χ3v) is 2.40. The topological polar surface area (TPSA) is 55.8 Å². The molecule has 0 aromatic carbocycles. The molecule has 0 aromatic heterocycles. The summed E-state index contributed by atoms with van der Waals surface area (Å²) in [6, 6.07) is 0. The van der Waals surface area contributed by atoms with E-state index >= 15 is 0 Å². The van der Waals surface area contributed by atoms with E-state index in [1.54, 1.807) is 0 Å². The summed E-state index contributed by atoms with van der Waals surface area (Å²) in [6.07, 6.45) is 1.31. The minimum Gasteiger partial charge on any atom is -0.226 e. The fraction of sp³-hybridized carbons (Fsp3) is 1.00. The van der Waals surface area contributed by atoms with E-state index in [9.17, 15) is 8.42 Å². The highest BCUT2D eigenvalue weighted by atomic mass is 32.3. The molecule has 2 fully saturated rings. The lowest BCUT2D eigenvalue weighted by Crippen LogP contribution is -2.21. The van der Waals surface area contributed by atoms with Crippen molar-refractivity contribution in [1.29, 1.82) is 0 Å². The summed E-state index contributed by atoms with van der Waals surface area (Å²) in [5, 5.41) is 1.36. The molecule has 0 amide bonds. The zero-order valence-corrected chi connectivity index (χ0v) is 6.00. The van der Waals surface area contributed by atoms with E-state index in [1.807, 2.05) is 0 Å². The van der Waals surface area contributed by atoms with E-state index < -0.39 is 10.4 Å². The predicted molar refractivity (Wildman–Crippen MR) is 30.8 cm³/mol. The molecule has 2 heterocycles. The maximum Gasteiger partial charge on any atom is 0.418 e. The van der Waals surface area contributed by atoms with Crippen LogP contribution >= 0.6 is 0 Å². The molecule has 2 aliphatic rings. The Kier molecular flexibility index (Phi) is 1.25. The number of rotatable bonds is 0. The van der Waals surface area contributed by atoms with Crippen molar-refractivity contribution in [3.05, 3.63) is 0 Å². The molecule has 2 rings (SSSR count). The van der Waals surface area contributed by atoms with Crippen LogP contribution in [-0.4, -0.2) is 26.3 Å². The normalized spacial score (nSPS) is 38.2. The first-order chi connectivity index (χ1) is 4.67. The summed E-state index contributed by atoms with van der Waals surface area (Å²) in [5.41, 5.74) is 0. The first-order valence-electron chi connectivity index (χ1n) is 3.07. The van der Waals surface area contributed by atoms with E-state index in [2.05, 4.69) is 8.47 Å². The average molecular weight is 165 g/mol. The van der Waals surface area contributed by atoms with Crippen LogP contribution in [0.15, 0.2) is 0 Å². The van der Waals surface area contributed by atoms with Gasteiger partial charge in [-0.2, -0.15) is 12.7 Å². The Labute approximate surface area is 58.8 Å². The van der Waals surface area contributed by atoms with Crippen molar-refractivity contribution in [3.63, 3.8) is 0 Å². The second-order valence-electron chi connectivity index (χ2n) is 2.32. The summed E-state index contributed by atoms with van der Waals surface area (Å²) >= 11 is 0. The zero-order chi connectivity index (χ0) is 7.19. The highest BCUT2D eigenvalue weighted by Gasteiger charge is 2.41. The molecule has 58 valence electrons. The molecule has 5 nitrogen and oxygen atoms in total. The zero-order valence-electron chi connectivity index (χ0n) is 5.19. The van der Waals surface area contributed by atoms with Crippen LogP contribution < -0.4 is 0 Å². The van der Waals surface area contributed by atoms with Gasteiger partial charge in [-0.05, 0) is 12.8 Å². The van der Waals surface area contributed by atoms with Gasteiger partial charge >= 0.3 is 10.4 Å². The fourth-order valence-electron chi connectivity index (χ4n) is 1.16. The van der Waals surface area contributed by atoms with Crippen LogP contribution in [-0.2, 0) is 18.9 Å². The van der Waals surface area contributed by atoms with Gasteiger partial charge in [0.2, 0.25) is 0 Å². The van der Waals surface area contributed by atoms with Crippen molar-refractivity contribution in [1.82, 2.24) is 5.06 Å². The molecular weight excluding hydrogens is 158 g/mol. The van der Waals surface area contributed by atoms with E-state index in [4.69, 9.17) is 0 Å². The highest BCUT2D eigenvalue weighted by molar-refractivity contribution is 7.82. The van der Waals surface area contributed by atoms with Gasteiger partial charge in [-0.3, -0.25) is 0 Å². The SMILES string of the molecule is O=S1(=O)OC2CCCN2O1. The monoisotopic (exact) mass is 165 g/mol. The van der Waals surface area contributed by atoms with Crippen LogP contribution in [0.1, 0.15) is 12.8 Å². The highest BCUT2D eigenvalue weighted by Crippen LogP contribution is 2.27. The minimum atomic E-state index is -3.68. The first-order valence-corrected chi connectivity index (χ1v) is 4.40. The Morgan fingerprint density at radius 2 is 2.30 bits per heavy atom. The van der Waals surface area contributed by atoms with Gasteiger partial charge in [-0.25, -0.2) is 4.18 Å². The number of fused-ring (bicyclic) bond motifs is 1. The summed E-state index contributed by atoms with van der Waals surface area (Å²) in [6.45, 7) is 0.643. The molecule has 0 radical (unpaired) electrons. The van der Waals surface area contributed by atoms with Crippen LogP contribution in [0.4, 0.5) is 0 Å². The maximum atomic E-state index is 10.6. The van der Waals surface area contributed by atoms with Gasteiger partial charge in [0.05, 0.1) is 0 Å². The predicted octanol–water partition coefficient (Wildman–Crippen LogP) is -0.385. The maximum absolute atomic E-state index is 10.6. The largest absolute Gasteiger partial charge is 0.418 e. The Bertz CT molecular complexity index is 218. The van der Waals surface area contributed by atoms with Crippen molar-refractivity contribution in [2.75, 3.05) is 6.54 Å². The van der Waals surface area contributed by atoms with Gasteiger partial charge in [0.1, 0.15) is 0 Å². The van der Waals surface area contributed by atoms with Crippen LogP contribution in [0, 0.1) is 0 Å². The van der Waals surface area contributed by atoms with Gasteiger partial charge < -0.3 is 0 Å². The van der Waals surface area contributed by atoms with Crippen molar-refractivity contribution < 1.29 is 16.9 Å². The first kappa shape index (κ1) is 6.53. The molecule has 2 saturated heterocycles. The van der Waals surface area contributed by atoms with Crippen LogP contribution in [0.5, 0.6) is 0 Å². The van der Waals surface area contributed by atoms with E-state index in [-0.39, 0.29) is 6.23 Å². The van der Waals surface area contributed by atoms with E-state index in [1.165, 1.54) is 5.06 Å². The minimum absolute atomic E-state index is 0.356. The molecule has 1 atom stereocenters. The number of hydrogen-bond acceptors (Lipinski definition) is 5. The molecule has 0 spiro atoms. The smallest absolute Gasteiger partial charge is 0.226 e.